The second-order valence-electron chi connectivity index (χ2n) is 4.97. The first kappa shape index (κ1) is 14.9. The summed E-state index contributed by atoms with van der Waals surface area (Å²) in [7, 11) is 0. The molecule has 1 aliphatic rings. The maximum atomic E-state index is 12.0. The van der Waals surface area contributed by atoms with Crippen molar-refractivity contribution in [2.24, 2.45) is 0 Å². The van der Waals surface area contributed by atoms with E-state index in [1.807, 2.05) is 23.1 Å². The third kappa shape index (κ3) is 4.00. The molecule has 0 spiro atoms. The fourth-order valence-corrected chi connectivity index (χ4v) is 2.58. The number of piperidine rings is 1. The van der Waals surface area contributed by atoms with Gasteiger partial charge < -0.3 is 10.2 Å². The largest absolute Gasteiger partial charge is 0.349 e. The number of carbonyl (C=O) groups excluding carboxylic acids is 2. The summed E-state index contributed by atoms with van der Waals surface area (Å²) in [5.74, 6) is 0.710. The minimum Gasteiger partial charge on any atom is -0.349 e. The molecule has 5 heteroatoms. The third-order valence-corrected chi connectivity index (χ3v) is 3.77. The fraction of sp³-hybridized carbons (Fsp3) is 0.467. The highest BCUT2D eigenvalue weighted by atomic mass is 32.1. The smallest absolute Gasteiger partial charge is 0.251 e. The van der Waals surface area contributed by atoms with Gasteiger partial charge in [0.25, 0.3) is 5.91 Å². The van der Waals surface area contributed by atoms with Crippen molar-refractivity contribution in [3.63, 3.8) is 0 Å². The number of thiol groups is 1. The van der Waals surface area contributed by atoms with Gasteiger partial charge in [-0.2, -0.15) is 12.6 Å². The fourth-order valence-electron chi connectivity index (χ4n) is 2.39. The molecule has 0 radical (unpaired) electrons. The Hall–Kier alpha value is -1.49. The summed E-state index contributed by atoms with van der Waals surface area (Å²) in [6.07, 6.45) is 2.12. The highest BCUT2D eigenvalue weighted by Crippen LogP contribution is 2.12. The maximum absolute atomic E-state index is 12.0. The molecule has 2 rings (SSSR count). The Bertz CT molecular complexity index is 456. The summed E-state index contributed by atoms with van der Waals surface area (Å²) in [6, 6.07) is 9.37. The van der Waals surface area contributed by atoms with Gasteiger partial charge >= 0.3 is 0 Å². The molecule has 0 atom stereocenters. The van der Waals surface area contributed by atoms with Crippen LogP contribution in [0.4, 0.5) is 0 Å². The van der Waals surface area contributed by atoms with E-state index < -0.39 is 0 Å². The van der Waals surface area contributed by atoms with Crippen LogP contribution in [0.5, 0.6) is 0 Å². The lowest BCUT2D eigenvalue weighted by Crippen LogP contribution is -2.46. The van der Waals surface area contributed by atoms with Gasteiger partial charge in [0.15, 0.2) is 0 Å². The van der Waals surface area contributed by atoms with Crippen molar-refractivity contribution in [1.82, 2.24) is 10.2 Å². The molecule has 4 nitrogen and oxygen atoms in total. The van der Waals surface area contributed by atoms with E-state index >= 15 is 0 Å². The van der Waals surface area contributed by atoms with Gasteiger partial charge in [0.05, 0.1) is 0 Å². The summed E-state index contributed by atoms with van der Waals surface area (Å²) in [5.41, 5.74) is 0.682. The first-order valence-corrected chi connectivity index (χ1v) is 7.58. The lowest BCUT2D eigenvalue weighted by molar-refractivity contribution is -0.131. The van der Waals surface area contributed by atoms with Gasteiger partial charge in [0.2, 0.25) is 5.91 Å². The second-order valence-corrected chi connectivity index (χ2v) is 5.42. The Morgan fingerprint density at radius 2 is 1.85 bits per heavy atom. The maximum Gasteiger partial charge on any atom is 0.251 e. The van der Waals surface area contributed by atoms with Gasteiger partial charge in [-0.25, -0.2) is 0 Å². The van der Waals surface area contributed by atoms with E-state index in [1.165, 1.54) is 0 Å². The number of rotatable bonds is 4. The topological polar surface area (TPSA) is 49.4 Å². The Morgan fingerprint density at radius 1 is 1.20 bits per heavy atom. The zero-order valence-corrected chi connectivity index (χ0v) is 12.3. The van der Waals surface area contributed by atoms with Crippen LogP contribution in [-0.2, 0) is 4.79 Å². The van der Waals surface area contributed by atoms with Gasteiger partial charge in [-0.15, -0.1) is 0 Å². The molecule has 0 aliphatic carbocycles. The second kappa shape index (κ2) is 7.33. The first-order chi connectivity index (χ1) is 9.70. The van der Waals surface area contributed by atoms with Crippen molar-refractivity contribution >= 4 is 24.4 Å². The van der Waals surface area contributed by atoms with Gasteiger partial charge in [0.1, 0.15) is 0 Å². The number of amides is 2. The molecule has 1 aromatic carbocycles. The molecule has 2 amide bonds. The number of nitrogens with one attached hydrogen (secondary N) is 1. The molecule has 0 bridgehead atoms. The number of carbonyl (C=O) groups is 2. The Labute approximate surface area is 124 Å². The summed E-state index contributed by atoms with van der Waals surface area (Å²) in [4.78, 5) is 25.6. The lowest BCUT2D eigenvalue weighted by Gasteiger charge is -2.32. The molecule has 1 fully saturated rings. The Morgan fingerprint density at radius 3 is 2.45 bits per heavy atom. The van der Waals surface area contributed by atoms with Crippen LogP contribution in [0.3, 0.4) is 0 Å². The van der Waals surface area contributed by atoms with E-state index in [2.05, 4.69) is 17.9 Å². The average Bonchev–Trinajstić information content (AvgIpc) is 2.49. The average molecular weight is 292 g/mol. The molecule has 0 aromatic heterocycles. The van der Waals surface area contributed by atoms with Crippen molar-refractivity contribution in [1.29, 1.82) is 0 Å². The number of likely N-dealkylation sites (tertiary alicyclic amines) is 1. The molecular formula is C15H20N2O2S. The molecule has 108 valence electrons. The molecule has 1 heterocycles. The zero-order valence-electron chi connectivity index (χ0n) is 11.4. The molecule has 0 saturated carbocycles. The van der Waals surface area contributed by atoms with Crippen LogP contribution in [0.15, 0.2) is 30.3 Å². The van der Waals surface area contributed by atoms with Crippen LogP contribution in [0.25, 0.3) is 0 Å². The Kier molecular flexibility index (Phi) is 5.47. The van der Waals surface area contributed by atoms with Crippen LogP contribution in [0.1, 0.15) is 29.6 Å². The lowest BCUT2D eigenvalue weighted by atomic mass is 10.0. The molecule has 1 aromatic rings. The summed E-state index contributed by atoms with van der Waals surface area (Å²) >= 11 is 4.08. The zero-order chi connectivity index (χ0) is 14.4. The van der Waals surface area contributed by atoms with Crippen LogP contribution in [0, 0.1) is 0 Å². The van der Waals surface area contributed by atoms with Crippen LogP contribution in [-0.4, -0.2) is 41.6 Å². The summed E-state index contributed by atoms with van der Waals surface area (Å²) < 4.78 is 0. The highest BCUT2D eigenvalue weighted by Gasteiger charge is 2.23. The molecule has 1 saturated heterocycles. The third-order valence-electron chi connectivity index (χ3n) is 3.54. The SMILES string of the molecule is O=C(NC1CCN(C(=O)CCS)CC1)c1ccccc1. The molecular weight excluding hydrogens is 272 g/mol. The molecule has 1 N–H and O–H groups in total. The number of benzene rings is 1. The van der Waals surface area contributed by atoms with Crippen LogP contribution >= 0.6 is 12.6 Å². The predicted molar refractivity (Wildman–Crippen MR) is 82.0 cm³/mol. The van der Waals surface area contributed by atoms with Gasteiger partial charge in [0, 0.05) is 31.1 Å². The van der Waals surface area contributed by atoms with E-state index in [9.17, 15) is 9.59 Å². The summed E-state index contributed by atoms with van der Waals surface area (Å²) in [6.45, 7) is 1.43. The van der Waals surface area contributed by atoms with Crippen molar-refractivity contribution in [2.45, 2.75) is 25.3 Å². The summed E-state index contributed by atoms with van der Waals surface area (Å²) in [5, 5.41) is 3.03. The van der Waals surface area contributed by atoms with E-state index in [0.717, 1.165) is 12.8 Å². The molecule has 1 aliphatic heterocycles. The van der Waals surface area contributed by atoms with E-state index in [1.54, 1.807) is 12.1 Å². The van der Waals surface area contributed by atoms with Crippen molar-refractivity contribution in [3.8, 4) is 0 Å². The van der Waals surface area contributed by atoms with Crippen LogP contribution in [0.2, 0.25) is 0 Å². The van der Waals surface area contributed by atoms with Crippen molar-refractivity contribution in [2.75, 3.05) is 18.8 Å². The minimum absolute atomic E-state index is 0.0364. The quantitative estimate of drug-likeness (QED) is 0.830. The first-order valence-electron chi connectivity index (χ1n) is 6.95. The predicted octanol–water partition coefficient (Wildman–Crippen LogP) is 1.73. The van der Waals surface area contributed by atoms with E-state index in [4.69, 9.17) is 0 Å². The standard InChI is InChI=1S/C15H20N2O2S/c18-14(8-11-20)17-9-6-13(7-10-17)16-15(19)12-4-2-1-3-5-12/h1-5,13,20H,6-11H2,(H,16,19). The van der Waals surface area contributed by atoms with E-state index in [-0.39, 0.29) is 17.9 Å². The van der Waals surface area contributed by atoms with Crippen molar-refractivity contribution in [3.05, 3.63) is 35.9 Å². The number of hydrogen-bond acceptors (Lipinski definition) is 3. The van der Waals surface area contributed by atoms with Gasteiger partial charge in [-0.3, -0.25) is 9.59 Å². The van der Waals surface area contributed by atoms with Crippen molar-refractivity contribution < 1.29 is 9.59 Å². The molecule has 0 unspecified atom stereocenters. The minimum atomic E-state index is -0.0364. The highest BCUT2D eigenvalue weighted by molar-refractivity contribution is 7.80. The normalized spacial score (nSPS) is 15.9. The number of nitrogens with zero attached hydrogens (tertiary/aromatic N) is 1. The monoisotopic (exact) mass is 292 g/mol. The number of hydrogen-bond donors (Lipinski definition) is 2. The molecule has 20 heavy (non-hydrogen) atoms. The van der Waals surface area contributed by atoms with E-state index in [0.29, 0.717) is 30.8 Å². The van der Waals surface area contributed by atoms with Gasteiger partial charge in [-0.1, -0.05) is 18.2 Å². The van der Waals surface area contributed by atoms with Gasteiger partial charge in [-0.05, 0) is 30.7 Å². The van der Waals surface area contributed by atoms with Crippen LogP contribution < -0.4 is 5.32 Å². The Balaban J connectivity index is 1.80.